The number of aromatic carboxylic acids is 1. The van der Waals surface area contributed by atoms with Crippen molar-refractivity contribution in [2.75, 3.05) is 0 Å². The Hall–Kier alpha value is -2.48. The van der Waals surface area contributed by atoms with E-state index in [0.717, 1.165) is 4.68 Å². The molecule has 0 fully saturated rings. The van der Waals surface area contributed by atoms with Gasteiger partial charge in [0.15, 0.2) is 11.4 Å². The van der Waals surface area contributed by atoms with Crippen LogP contribution in [-0.4, -0.2) is 31.0 Å². The summed E-state index contributed by atoms with van der Waals surface area (Å²) in [5, 5.41) is 27.4. The molecule has 0 saturated carbocycles. The topological polar surface area (TPSA) is 111 Å². The molecular formula is C11H9ClN4O4. The van der Waals surface area contributed by atoms with Gasteiger partial charge >= 0.3 is 5.97 Å². The number of nitro benzene ring substituents is 1. The lowest BCUT2D eigenvalue weighted by Gasteiger charge is -2.07. The van der Waals surface area contributed by atoms with Crippen molar-refractivity contribution >= 4 is 23.3 Å². The van der Waals surface area contributed by atoms with Gasteiger partial charge < -0.3 is 5.11 Å². The average Bonchev–Trinajstić information content (AvgIpc) is 2.81. The first-order valence-corrected chi connectivity index (χ1v) is 5.96. The summed E-state index contributed by atoms with van der Waals surface area (Å²) in [6, 6.07) is 4.17. The van der Waals surface area contributed by atoms with Crippen LogP contribution in [0, 0.1) is 10.1 Å². The van der Waals surface area contributed by atoms with E-state index in [1.165, 1.54) is 18.2 Å². The molecule has 0 aliphatic heterocycles. The molecule has 0 spiro atoms. The minimum atomic E-state index is -1.25. The molecule has 1 N–H and O–H groups in total. The number of hydrogen-bond acceptors (Lipinski definition) is 5. The van der Waals surface area contributed by atoms with Crippen LogP contribution >= 0.6 is 11.6 Å². The molecular weight excluding hydrogens is 288 g/mol. The predicted molar refractivity (Wildman–Crippen MR) is 69.4 cm³/mol. The number of nitro groups is 1. The largest absolute Gasteiger partial charge is 0.476 e. The SMILES string of the molecule is CCc1c(C(=O)O)nnn1-c1c(Cl)cccc1[N+](=O)[O-]. The lowest BCUT2D eigenvalue weighted by molar-refractivity contribution is -0.384. The van der Waals surface area contributed by atoms with Crippen LogP contribution in [-0.2, 0) is 6.42 Å². The zero-order valence-corrected chi connectivity index (χ0v) is 11.0. The summed E-state index contributed by atoms with van der Waals surface area (Å²) in [5.74, 6) is -1.25. The van der Waals surface area contributed by atoms with Crippen LogP contribution in [0.1, 0.15) is 23.1 Å². The molecule has 2 aromatic rings. The highest BCUT2D eigenvalue weighted by molar-refractivity contribution is 6.32. The molecule has 0 radical (unpaired) electrons. The number of benzene rings is 1. The number of para-hydroxylation sites is 1. The Balaban J connectivity index is 2.75. The van der Waals surface area contributed by atoms with Gasteiger partial charge in [0.1, 0.15) is 0 Å². The van der Waals surface area contributed by atoms with Crippen molar-refractivity contribution in [3.8, 4) is 5.69 Å². The minimum Gasteiger partial charge on any atom is -0.476 e. The number of nitrogens with zero attached hydrogens (tertiary/aromatic N) is 4. The fraction of sp³-hybridized carbons (Fsp3) is 0.182. The smallest absolute Gasteiger partial charge is 0.358 e. The van der Waals surface area contributed by atoms with Crippen molar-refractivity contribution in [2.24, 2.45) is 0 Å². The normalized spacial score (nSPS) is 10.5. The fourth-order valence-corrected chi connectivity index (χ4v) is 2.08. The Labute approximate surface area is 117 Å². The Bertz CT molecular complexity index is 698. The first-order valence-electron chi connectivity index (χ1n) is 5.58. The molecule has 1 heterocycles. The number of halogens is 1. The summed E-state index contributed by atoms with van der Waals surface area (Å²) in [5.41, 5.74) is -0.263. The van der Waals surface area contributed by atoms with Gasteiger partial charge in [0.25, 0.3) is 5.69 Å². The fourth-order valence-electron chi connectivity index (χ4n) is 1.83. The van der Waals surface area contributed by atoms with Crippen LogP contribution in [0.3, 0.4) is 0 Å². The first-order chi connectivity index (χ1) is 9.47. The molecule has 0 aliphatic carbocycles. The summed E-state index contributed by atoms with van der Waals surface area (Å²) in [7, 11) is 0. The van der Waals surface area contributed by atoms with E-state index in [1.807, 2.05) is 0 Å². The van der Waals surface area contributed by atoms with E-state index < -0.39 is 10.9 Å². The maximum atomic E-state index is 11.1. The van der Waals surface area contributed by atoms with E-state index >= 15 is 0 Å². The summed E-state index contributed by atoms with van der Waals surface area (Å²) < 4.78 is 1.10. The standard InChI is InChI=1S/C11H9ClN4O4/c1-2-7-9(11(17)18)13-14-15(7)10-6(12)4-3-5-8(10)16(19)20/h3-5H,2H2,1H3,(H,17,18). The van der Waals surface area contributed by atoms with E-state index in [0.29, 0.717) is 0 Å². The Morgan fingerprint density at radius 3 is 2.80 bits per heavy atom. The third kappa shape index (κ3) is 2.21. The second-order valence-corrected chi connectivity index (χ2v) is 4.23. The Morgan fingerprint density at radius 1 is 1.55 bits per heavy atom. The van der Waals surface area contributed by atoms with Crippen molar-refractivity contribution in [3.63, 3.8) is 0 Å². The average molecular weight is 297 g/mol. The van der Waals surface area contributed by atoms with Crippen LogP contribution in [0.15, 0.2) is 18.2 Å². The summed E-state index contributed by atoms with van der Waals surface area (Å²) in [4.78, 5) is 21.5. The highest BCUT2D eigenvalue weighted by atomic mass is 35.5. The molecule has 104 valence electrons. The van der Waals surface area contributed by atoms with Crippen molar-refractivity contribution < 1.29 is 14.8 Å². The van der Waals surface area contributed by atoms with Gasteiger partial charge in [-0.25, -0.2) is 9.48 Å². The molecule has 0 unspecified atom stereocenters. The van der Waals surface area contributed by atoms with Gasteiger partial charge in [-0.05, 0) is 12.5 Å². The number of carboxylic acids is 1. The molecule has 0 saturated heterocycles. The second-order valence-electron chi connectivity index (χ2n) is 3.82. The molecule has 0 amide bonds. The maximum Gasteiger partial charge on any atom is 0.358 e. The highest BCUT2D eigenvalue weighted by Gasteiger charge is 2.25. The molecule has 0 bridgehead atoms. The lowest BCUT2D eigenvalue weighted by atomic mass is 10.2. The van der Waals surface area contributed by atoms with E-state index in [4.69, 9.17) is 16.7 Å². The van der Waals surface area contributed by atoms with Crippen LogP contribution in [0.4, 0.5) is 5.69 Å². The van der Waals surface area contributed by atoms with Gasteiger partial charge in [0, 0.05) is 6.07 Å². The van der Waals surface area contributed by atoms with Crippen molar-refractivity contribution in [1.29, 1.82) is 0 Å². The predicted octanol–water partition coefficient (Wildman–Crippen LogP) is 2.09. The molecule has 20 heavy (non-hydrogen) atoms. The Morgan fingerprint density at radius 2 is 2.25 bits per heavy atom. The number of carboxylic acid groups (broad SMARTS) is 1. The monoisotopic (exact) mass is 296 g/mol. The van der Waals surface area contributed by atoms with Crippen LogP contribution in [0.2, 0.25) is 5.02 Å². The highest BCUT2D eigenvalue weighted by Crippen LogP contribution is 2.31. The second kappa shape index (κ2) is 5.25. The van der Waals surface area contributed by atoms with Gasteiger partial charge in [0.05, 0.1) is 15.6 Å². The van der Waals surface area contributed by atoms with Gasteiger partial charge in [-0.1, -0.05) is 29.8 Å². The summed E-state index contributed by atoms with van der Waals surface area (Å²) >= 11 is 5.99. The maximum absolute atomic E-state index is 11.1. The third-order valence-electron chi connectivity index (χ3n) is 2.67. The zero-order valence-electron chi connectivity index (χ0n) is 10.3. The molecule has 0 atom stereocenters. The molecule has 0 aliphatic rings. The summed E-state index contributed by atoms with van der Waals surface area (Å²) in [6.07, 6.45) is 0.289. The molecule has 1 aromatic carbocycles. The lowest BCUT2D eigenvalue weighted by Crippen LogP contribution is -2.08. The quantitative estimate of drug-likeness (QED) is 0.683. The first kappa shape index (κ1) is 13.9. The van der Waals surface area contributed by atoms with Crippen molar-refractivity contribution in [3.05, 3.63) is 44.7 Å². The van der Waals surface area contributed by atoms with Gasteiger partial charge in [-0.15, -0.1) is 5.10 Å². The summed E-state index contributed by atoms with van der Waals surface area (Å²) in [6.45, 7) is 1.70. The van der Waals surface area contributed by atoms with E-state index in [2.05, 4.69) is 10.3 Å². The number of carbonyl (C=O) groups is 1. The van der Waals surface area contributed by atoms with Crippen molar-refractivity contribution in [1.82, 2.24) is 15.0 Å². The molecule has 9 heteroatoms. The van der Waals surface area contributed by atoms with E-state index in [-0.39, 0.29) is 34.2 Å². The van der Waals surface area contributed by atoms with Gasteiger partial charge in [0.2, 0.25) is 0 Å². The molecule has 1 aromatic heterocycles. The van der Waals surface area contributed by atoms with E-state index in [1.54, 1.807) is 6.92 Å². The number of hydrogen-bond donors (Lipinski definition) is 1. The Kier molecular flexibility index (Phi) is 3.66. The van der Waals surface area contributed by atoms with Crippen LogP contribution in [0.5, 0.6) is 0 Å². The van der Waals surface area contributed by atoms with Crippen molar-refractivity contribution in [2.45, 2.75) is 13.3 Å². The molecule has 8 nitrogen and oxygen atoms in total. The van der Waals surface area contributed by atoms with Crippen LogP contribution < -0.4 is 0 Å². The van der Waals surface area contributed by atoms with Gasteiger partial charge in [-0.3, -0.25) is 10.1 Å². The van der Waals surface area contributed by atoms with Crippen LogP contribution in [0.25, 0.3) is 5.69 Å². The minimum absolute atomic E-state index is 0.0102. The number of aromatic nitrogens is 3. The zero-order chi connectivity index (χ0) is 14.9. The number of rotatable bonds is 4. The van der Waals surface area contributed by atoms with Gasteiger partial charge in [-0.2, -0.15) is 0 Å². The third-order valence-corrected chi connectivity index (χ3v) is 2.98. The van der Waals surface area contributed by atoms with E-state index in [9.17, 15) is 14.9 Å². The molecule has 2 rings (SSSR count).